The second kappa shape index (κ2) is 8.64. The van der Waals surface area contributed by atoms with Crippen LogP contribution < -0.4 is 10.1 Å². The van der Waals surface area contributed by atoms with E-state index < -0.39 is 18.9 Å². The second-order valence-corrected chi connectivity index (χ2v) is 6.62. The van der Waals surface area contributed by atoms with Crippen molar-refractivity contribution in [1.82, 2.24) is 19.6 Å². The maximum Gasteiger partial charge on any atom is 0.280 e. The van der Waals surface area contributed by atoms with E-state index in [0.717, 1.165) is 10.4 Å². The molecule has 0 bridgehead atoms. The summed E-state index contributed by atoms with van der Waals surface area (Å²) in [5.41, 5.74) is 1.18. The molecule has 28 heavy (non-hydrogen) atoms. The summed E-state index contributed by atoms with van der Waals surface area (Å²) in [5, 5.41) is 10.8. The summed E-state index contributed by atoms with van der Waals surface area (Å²) in [7, 11) is 0. The number of carbonyl (C=O) groups excluding carboxylic acids is 1. The Balaban J connectivity index is 1.82. The Morgan fingerprint density at radius 3 is 2.64 bits per heavy atom. The molecule has 1 aromatic carbocycles. The highest BCUT2D eigenvalue weighted by Crippen LogP contribution is 2.22. The normalized spacial score (nSPS) is 11.2. The van der Waals surface area contributed by atoms with Gasteiger partial charge in [0.25, 0.3) is 12.3 Å². The van der Waals surface area contributed by atoms with E-state index in [4.69, 9.17) is 4.74 Å². The van der Waals surface area contributed by atoms with Crippen LogP contribution in [0.25, 0.3) is 5.69 Å². The van der Waals surface area contributed by atoms with Gasteiger partial charge in [0.15, 0.2) is 11.4 Å². The largest absolute Gasteiger partial charge is 0.489 e. The Morgan fingerprint density at radius 1 is 1.21 bits per heavy atom. The van der Waals surface area contributed by atoms with E-state index in [0.29, 0.717) is 18.0 Å². The van der Waals surface area contributed by atoms with Gasteiger partial charge in [-0.05, 0) is 18.1 Å². The summed E-state index contributed by atoms with van der Waals surface area (Å²) in [6.45, 7) is 3.88. The lowest BCUT2D eigenvalue weighted by Gasteiger charge is -2.08. The van der Waals surface area contributed by atoms with E-state index in [1.807, 2.05) is 44.2 Å². The summed E-state index contributed by atoms with van der Waals surface area (Å²) in [6.07, 6.45) is 1.77. The molecule has 0 aliphatic heterocycles. The molecule has 1 N–H and O–H groups in total. The molecule has 2 aromatic heterocycles. The number of alkyl halides is 2. The van der Waals surface area contributed by atoms with Gasteiger partial charge in [-0.15, -0.1) is 0 Å². The average molecular weight is 389 g/mol. The first-order chi connectivity index (χ1) is 13.4. The van der Waals surface area contributed by atoms with Gasteiger partial charge in [-0.25, -0.2) is 13.5 Å². The number of nitrogens with zero attached hydrogens (tertiary/aromatic N) is 4. The number of carbonyl (C=O) groups is 1. The van der Waals surface area contributed by atoms with Crippen LogP contribution in [0.5, 0.6) is 5.75 Å². The minimum atomic E-state index is -2.53. The minimum absolute atomic E-state index is 0.103. The molecule has 0 atom stereocenters. The van der Waals surface area contributed by atoms with E-state index in [9.17, 15) is 13.6 Å². The minimum Gasteiger partial charge on any atom is -0.489 e. The van der Waals surface area contributed by atoms with Crippen LogP contribution >= 0.6 is 0 Å². The van der Waals surface area contributed by atoms with E-state index >= 15 is 0 Å². The van der Waals surface area contributed by atoms with Crippen molar-refractivity contribution in [1.29, 1.82) is 0 Å². The van der Waals surface area contributed by atoms with Crippen LogP contribution in [0.15, 0.2) is 48.9 Å². The lowest BCUT2D eigenvalue weighted by Crippen LogP contribution is -2.15. The van der Waals surface area contributed by atoms with Gasteiger partial charge >= 0.3 is 0 Å². The highest BCUT2D eigenvalue weighted by atomic mass is 19.3. The number of hydrogen-bond acceptors (Lipinski definition) is 4. The van der Waals surface area contributed by atoms with Crippen molar-refractivity contribution in [3.05, 3.63) is 54.6 Å². The number of anilines is 1. The number of hydrogen-bond donors (Lipinski definition) is 1. The molecule has 7 nitrogen and oxygen atoms in total. The molecule has 2 heterocycles. The van der Waals surface area contributed by atoms with Gasteiger partial charge in [-0.2, -0.15) is 10.2 Å². The van der Waals surface area contributed by atoms with Crippen molar-refractivity contribution in [2.24, 2.45) is 5.92 Å². The highest BCUT2D eigenvalue weighted by Gasteiger charge is 2.20. The molecule has 0 unspecified atom stereocenters. The van der Waals surface area contributed by atoms with E-state index in [2.05, 4.69) is 15.5 Å². The summed E-state index contributed by atoms with van der Waals surface area (Å²) in [5.74, 6) is 0.101. The molecule has 0 saturated heterocycles. The Labute approximate surface area is 160 Å². The molecule has 0 aliphatic carbocycles. The standard InChI is InChI=1S/C19H21F2N5O2/c1-13(2)12-28-16-10-26(15-6-4-3-5-7-15)24-18(16)19(27)23-14-8-22-25(9-14)11-17(20)21/h3-10,13,17H,11-12H2,1-2H3,(H,23,27). The Hall–Kier alpha value is -3.23. The third-order valence-corrected chi connectivity index (χ3v) is 3.70. The van der Waals surface area contributed by atoms with Crippen LogP contribution in [0.4, 0.5) is 14.5 Å². The van der Waals surface area contributed by atoms with Crippen LogP contribution in [-0.2, 0) is 6.54 Å². The van der Waals surface area contributed by atoms with E-state index in [-0.39, 0.29) is 11.6 Å². The Morgan fingerprint density at radius 2 is 1.96 bits per heavy atom. The molecule has 0 fully saturated rings. The van der Waals surface area contributed by atoms with Gasteiger partial charge in [-0.1, -0.05) is 32.0 Å². The zero-order valence-electron chi connectivity index (χ0n) is 15.5. The molecule has 3 rings (SSSR count). The molecule has 0 radical (unpaired) electrons. The highest BCUT2D eigenvalue weighted by molar-refractivity contribution is 6.04. The molecular formula is C19H21F2N5O2. The van der Waals surface area contributed by atoms with Crippen LogP contribution in [0.1, 0.15) is 24.3 Å². The van der Waals surface area contributed by atoms with E-state index in [1.54, 1.807) is 10.9 Å². The summed E-state index contributed by atoms with van der Waals surface area (Å²) < 4.78 is 33.3. The SMILES string of the molecule is CC(C)COc1cn(-c2ccccc2)nc1C(=O)Nc1cnn(CC(F)F)c1. The molecule has 9 heteroatoms. The van der Waals surface area contributed by atoms with Crippen molar-refractivity contribution in [3.63, 3.8) is 0 Å². The van der Waals surface area contributed by atoms with Crippen molar-refractivity contribution in [2.75, 3.05) is 11.9 Å². The predicted octanol–water partition coefficient (Wildman–Crippen LogP) is 3.62. The lowest BCUT2D eigenvalue weighted by molar-refractivity contribution is 0.101. The molecule has 3 aromatic rings. The number of benzene rings is 1. The van der Waals surface area contributed by atoms with Crippen LogP contribution in [0.3, 0.4) is 0 Å². The van der Waals surface area contributed by atoms with E-state index in [1.165, 1.54) is 12.4 Å². The Kier molecular flexibility index (Phi) is 6.03. The zero-order chi connectivity index (χ0) is 20.1. The second-order valence-electron chi connectivity index (χ2n) is 6.62. The van der Waals surface area contributed by atoms with Gasteiger partial charge in [0.2, 0.25) is 0 Å². The first-order valence-corrected chi connectivity index (χ1v) is 8.82. The summed E-state index contributed by atoms with van der Waals surface area (Å²) in [4.78, 5) is 12.7. The van der Waals surface area contributed by atoms with Gasteiger partial charge in [0.05, 0.1) is 30.4 Å². The molecule has 0 saturated carbocycles. The molecule has 0 aliphatic rings. The predicted molar refractivity (Wildman–Crippen MR) is 100 cm³/mol. The number of nitrogens with one attached hydrogen (secondary N) is 1. The van der Waals surface area contributed by atoms with Crippen LogP contribution in [0, 0.1) is 5.92 Å². The van der Waals surface area contributed by atoms with Crippen LogP contribution in [-0.4, -0.2) is 38.5 Å². The smallest absolute Gasteiger partial charge is 0.280 e. The zero-order valence-corrected chi connectivity index (χ0v) is 15.5. The molecule has 148 valence electrons. The first kappa shape index (κ1) is 19.5. The maximum atomic E-state index is 12.7. The van der Waals surface area contributed by atoms with Crippen molar-refractivity contribution in [3.8, 4) is 11.4 Å². The number of rotatable bonds is 8. The number of ether oxygens (including phenoxy) is 1. The number of aromatic nitrogens is 4. The van der Waals surface area contributed by atoms with Crippen molar-refractivity contribution < 1.29 is 18.3 Å². The average Bonchev–Trinajstić information content (AvgIpc) is 3.27. The number of para-hydroxylation sites is 1. The van der Waals surface area contributed by atoms with Crippen molar-refractivity contribution in [2.45, 2.75) is 26.8 Å². The molecular weight excluding hydrogens is 368 g/mol. The lowest BCUT2D eigenvalue weighted by atomic mass is 10.2. The fraction of sp³-hybridized carbons (Fsp3) is 0.316. The topological polar surface area (TPSA) is 74.0 Å². The molecule has 0 spiro atoms. The quantitative estimate of drug-likeness (QED) is 0.639. The monoisotopic (exact) mass is 389 g/mol. The first-order valence-electron chi connectivity index (χ1n) is 8.82. The summed E-state index contributed by atoms with van der Waals surface area (Å²) in [6, 6.07) is 9.32. The number of halogens is 2. The van der Waals surface area contributed by atoms with Gasteiger partial charge in [0.1, 0.15) is 6.54 Å². The Bertz CT molecular complexity index is 922. The fourth-order valence-electron chi connectivity index (χ4n) is 2.45. The number of amides is 1. The van der Waals surface area contributed by atoms with Gasteiger partial charge in [-0.3, -0.25) is 9.48 Å². The molecule has 1 amide bonds. The van der Waals surface area contributed by atoms with Crippen LogP contribution in [0.2, 0.25) is 0 Å². The maximum absolute atomic E-state index is 12.7. The third-order valence-electron chi connectivity index (χ3n) is 3.70. The fourth-order valence-corrected chi connectivity index (χ4v) is 2.45. The van der Waals surface area contributed by atoms with Gasteiger partial charge in [0, 0.05) is 6.20 Å². The van der Waals surface area contributed by atoms with Gasteiger partial charge < -0.3 is 10.1 Å². The third kappa shape index (κ3) is 4.93. The van der Waals surface area contributed by atoms with Crippen molar-refractivity contribution >= 4 is 11.6 Å². The summed E-state index contributed by atoms with van der Waals surface area (Å²) >= 11 is 0.